The molecule has 0 spiro atoms. The average molecular weight is 589 g/mol. The fourth-order valence-electron chi connectivity index (χ4n) is 4.33. The van der Waals surface area contributed by atoms with E-state index in [0.717, 1.165) is 58.8 Å². The van der Waals surface area contributed by atoms with Crippen molar-refractivity contribution in [1.82, 2.24) is 16.0 Å². The summed E-state index contributed by atoms with van der Waals surface area (Å²) in [5, 5.41) is 17.0. The number of aliphatic carboxylic acids is 1. The molecule has 0 aromatic carbocycles. The maximum absolute atomic E-state index is 13.4. The third-order valence-corrected chi connectivity index (χ3v) is 6.75. The summed E-state index contributed by atoms with van der Waals surface area (Å²) in [5.74, 6) is -2.54. The van der Waals surface area contributed by atoms with Crippen LogP contribution in [0.5, 0.6) is 0 Å². The van der Waals surface area contributed by atoms with Gasteiger partial charge in [-0.3, -0.25) is 19.2 Å². The number of hydrogen-bond donors (Lipinski definition) is 5. The predicted octanol–water partition coefficient (Wildman–Crippen LogP) is 0.114. The van der Waals surface area contributed by atoms with Gasteiger partial charge in [-0.1, -0.05) is 0 Å². The van der Waals surface area contributed by atoms with E-state index in [2.05, 4.69) is 79.4 Å². The van der Waals surface area contributed by atoms with Crippen molar-refractivity contribution >= 4 is 23.7 Å². The Hall–Kier alpha value is -2.28. The van der Waals surface area contributed by atoms with Crippen molar-refractivity contribution in [2.24, 2.45) is 5.73 Å². The second kappa shape index (κ2) is 18.3. The predicted molar refractivity (Wildman–Crippen MR) is 163 cm³/mol. The highest BCUT2D eigenvalue weighted by Crippen LogP contribution is 2.10. The van der Waals surface area contributed by atoms with Crippen LogP contribution in [0.1, 0.15) is 57.8 Å². The van der Waals surface area contributed by atoms with E-state index in [1.807, 2.05) is 0 Å². The van der Waals surface area contributed by atoms with Crippen LogP contribution in [-0.4, -0.2) is 150 Å². The SMILES string of the molecule is C[N+](C)(C)CCCCC(N)C(=O)NC(CCCC[N+](C)(C)C)C(=O)NC(CCCC[N+](C)(C)C)C(=O)NCC(=O)O. The fourth-order valence-corrected chi connectivity index (χ4v) is 4.33. The summed E-state index contributed by atoms with van der Waals surface area (Å²) in [7, 11) is 18.9. The number of unbranched alkanes of at least 4 members (excludes halogenated alkanes) is 3. The molecule has 12 nitrogen and oxygen atoms in total. The summed E-state index contributed by atoms with van der Waals surface area (Å²) >= 11 is 0. The maximum atomic E-state index is 13.4. The van der Waals surface area contributed by atoms with E-state index >= 15 is 0 Å². The molecule has 0 aromatic rings. The zero-order chi connectivity index (χ0) is 31.9. The molecule has 0 aromatic heterocycles. The monoisotopic (exact) mass is 588 g/mol. The van der Waals surface area contributed by atoms with Crippen LogP contribution in [0, 0.1) is 0 Å². The van der Waals surface area contributed by atoms with Crippen LogP contribution in [0.2, 0.25) is 0 Å². The fraction of sp³-hybridized carbons (Fsp3) is 0.862. The summed E-state index contributed by atoms with van der Waals surface area (Å²) in [4.78, 5) is 50.2. The Bertz CT molecular complexity index is 816. The molecule has 12 heteroatoms. The van der Waals surface area contributed by atoms with Gasteiger partial charge in [0.1, 0.15) is 18.6 Å². The van der Waals surface area contributed by atoms with Gasteiger partial charge in [0.25, 0.3) is 0 Å². The number of nitrogens with zero attached hydrogens (tertiary/aromatic N) is 3. The number of carbonyl (C=O) groups excluding carboxylic acids is 3. The highest BCUT2D eigenvalue weighted by Gasteiger charge is 2.28. The molecule has 3 amide bonds. The Morgan fingerprint density at radius 3 is 1.34 bits per heavy atom. The van der Waals surface area contributed by atoms with Crippen molar-refractivity contribution in [1.29, 1.82) is 0 Å². The van der Waals surface area contributed by atoms with Gasteiger partial charge in [-0.25, -0.2) is 0 Å². The van der Waals surface area contributed by atoms with Crippen molar-refractivity contribution in [3.8, 4) is 0 Å². The zero-order valence-electron chi connectivity index (χ0n) is 27.4. The van der Waals surface area contributed by atoms with Gasteiger partial charge in [-0.2, -0.15) is 0 Å². The third kappa shape index (κ3) is 22.0. The molecular formula is C29H62N7O5+3. The van der Waals surface area contributed by atoms with Gasteiger partial charge in [0.05, 0.1) is 89.1 Å². The van der Waals surface area contributed by atoms with Gasteiger partial charge in [0, 0.05) is 0 Å². The molecule has 0 saturated carbocycles. The number of quaternary nitrogens is 3. The van der Waals surface area contributed by atoms with Gasteiger partial charge >= 0.3 is 5.97 Å². The van der Waals surface area contributed by atoms with E-state index in [-0.39, 0.29) is 5.91 Å². The number of carboxylic acid groups (broad SMARTS) is 1. The molecule has 0 bridgehead atoms. The van der Waals surface area contributed by atoms with Crippen LogP contribution >= 0.6 is 0 Å². The average Bonchev–Trinajstić information content (AvgIpc) is 2.81. The molecule has 0 aliphatic heterocycles. The number of nitrogens with two attached hydrogens (primary N) is 1. The van der Waals surface area contributed by atoms with E-state index in [1.54, 1.807) is 0 Å². The van der Waals surface area contributed by atoms with Crippen LogP contribution in [0.4, 0.5) is 0 Å². The Balaban J connectivity index is 5.44. The quantitative estimate of drug-likeness (QED) is 0.0895. The van der Waals surface area contributed by atoms with Crippen LogP contribution in [0.3, 0.4) is 0 Å². The Morgan fingerprint density at radius 2 is 0.951 bits per heavy atom. The molecule has 3 atom stereocenters. The summed E-state index contributed by atoms with van der Waals surface area (Å²) in [6.45, 7) is 2.26. The molecule has 0 radical (unpaired) electrons. The first kappa shape index (κ1) is 38.7. The third-order valence-electron chi connectivity index (χ3n) is 6.75. The lowest BCUT2D eigenvalue weighted by atomic mass is 10.0. The molecule has 41 heavy (non-hydrogen) atoms. The molecule has 6 N–H and O–H groups in total. The maximum Gasteiger partial charge on any atom is 0.322 e. The Morgan fingerprint density at radius 1 is 0.585 bits per heavy atom. The van der Waals surface area contributed by atoms with Gasteiger partial charge in [-0.05, 0) is 57.8 Å². The lowest BCUT2D eigenvalue weighted by molar-refractivity contribution is -0.870. The number of carbonyl (C=O) groups is 4. The highest BCUT2D eigenvalue weighted by molar-refractivity contribution is 5.93. The number of hydrogen-bond acceptors (Lipinski definition) is 5. The molecule has 0 aliphatic rings. The zero-order valence-corrected chi connectivity index (χ0v) is 27.4. The molecule has 3 unspecified atom stereocenters. The van der Waals surface area contributed by atoms with E-state index in [1.165, 1.54) is 0 Å². The molecule has 0 fully saturated rings. The van der Waals surface area contributed by atoms with Crippen LogP contribution in [0.25, 0.3) is 0 Å². The van der Waals surface area contributed by atoms with Crippen molar-refractivity contribution in [3.05, 3.63) is 0 Å². The lowest BCUT2D eigenvalue weighted by Crippen LogP contribution is -2.56. The van der Waals surface area contributed by atoms with E-state index < -0.39 is 42.5 Å². The first-order chi connectivity index (χ1) is 18.7. The molecule has 0 rings (SSSR count). The highest BCUT2D eigenvalue weighted by atomic mass is 16.4. The van der Waals surface area contributed by atoms with Crippen molar-refractivity contribution in [2.45, 2.75) is 75.9 Å². The topological polar surface area (TPSA) is 151 Å². The van der Waals surface area contributed by atoms with Crippen molar-refractivity contribution in [2.75, 3.05) is 89.6 Å². The van der Waals surface area contributed by atoms with Gasteiger partial charge in [0.15, 0.2) is 0 Å². The lowest BCUT2D eigenvalue weighted by Gasteiger charge is -2.26. The summed E-state index contributed by atoms with van der Waals surface area (Å²) in [6.07, 6.45) is 6.16. The second-order valence-electron chi connectivity index (χ2n) is 14.4. The number of nitrogens with one attached hydrogen (secondary N) is 3. The first-order valence-corrected chi connectivity index (χ1v) is 15.0. The van der Waals surface area contributed by atoms with Gasteiger partial charge in [0.2, 0.25) is 17.7 Å². The minimum Gasteiger partial charge on any atom is -0.480 e. The molecular weight excluding hydrogens is 526 g/mol. The van der Waals surface area contributed by atoms with E-state index in [9.17, 15) is 19.2 Å². The molecule has 0 saturated heterocycles. The number of carboxylic acids is 1. The van der Waals surface area contributed by atoms with Crippen molar-refractivity contribution in [3.63, 3.8) is 0 Å². The van der Waals surface area contributed by atoms with Gasteiger partial charge < -0.3 is 40.2 Å². The second-order valence-corrected chi connectivity index (χ2v) is 14.4. The summed E-state index contributed by atoms with van der Waals surface area (Å²) in [6, 6.07) is -2.47. The summed E-state index contributed by atoms with van der Waals surface area (Å²) in [5.41, 5.74) is 6.19. The largest absolute Gasteiger partial charge is 0.480 e. The number of amides is 3. The number of rotatable bonds is 22. The minimum absolute atomic E-state index is 0.366. The van der Waals surface area contributed by atoms with E-state index in [0.29, 0.717) is 32.1 Å². The minimum atomic E-state index is -1.16. The smallest absolute Gasteiger partial charge is 0.322 e. The van der Waals surface area contributed by atoms with Gasteiger partial charge in [-0.15, -0.1) is 0 Å². The normalized spacial score (nSPS) is 14.6. The molecule has 0 heterocycles. The first-order valence-electron chi connectivity index (χ1n) is 15.0. The van der Waals surface area contributed by atoms with E-state index in [4.69, 9.17) is 10.8 Å². The molecule has 0 aliphatic carbocycles. The summed E-state index contributed by atoms with van der Waals surface area (Å²) < 4.78 is 2.41. The van der Waals surface area contributed by atoms with Crippen LogP contribution in [0.15, 0.2) is 0 Å². The Kier molecular flexibility index (Phi) is 17.3. The van der Waals surface area contributed by atoms with Crippen molar-refractivity contribution < 1.29 is 37.7 Å². The molecule has 240 valence electrons. The van der Waals surface area contributed by atoms with Crippen LogP contribution < -0.4 is 21.7 Å². The Labute approximate surface area is 248 Å². The van der Waals surface area contributed by atoms with Crippen LogP contribution in [-0.2, 0) is 19.2 Å². The standard InChI is InChI=1S/C29H59N7O5/c1-34(2,3)19-13-10-16-23(30)27(39)32-25(18-12-15-21-36(7,8)9)29(41)33-24(28(40)31-22-26(37)38)17-11-14-20-35(4,5)6/h23-25H,10-22,30H2,1-9H3,(H-3,31,32,33,37,38,39,40,41)/p+3.